The van der Waals surface area contributed by atoms with E-state index in [-0.39, 0.29) is 12.0 Å². The Hall–Kier alpha value is -1.43. The van der Waals surface area contributed by atoms with Crippen molar-refractivity contribution in [2.45, 2.75) is 31.9 Å². The molecule has 2 rings (SSSR count). The van der Waals surface area contributed by atoms with E-state index in [1.807, 2.05) is 38.4 Å². The average Bonchev–Trinajstić information content (AvgIpc) is 2.52. The molecule has 5 heteroatoms. The normalized spacial score (nSPS) is 16.7. The zero-order valence-electron chi connectivity index (χ0n) is 14.3. The van der Waals surface area contributed by atoms with E-state index in [0.717, 1.165) is 56.6 Å². The molecular weight excluding hydrogens is 290 g/mol. The van der Waals surface area contributed by atoms with Gasteiger partial charge in [-0.15, -0.1) is 0 Å². The Morgan fingerprint density at radius 2 is 2.09 bits per heavy atom. The van der Waals surface area contributed by atoms with E-state index < -0.39 is 0 Å². The number of likely N-dealkylation sites (tertiary alicyclic amines) is 1. The van der Waals surface area contributed by atoms with E-state index >= 15 is 0 Å². The second-order valence-electron chi connectivity index (χ2n) is 6.62. The van der Waals surface area contributed by atoms with Crippen LogP contribution in [0.3, 0.4) is 0 Å². The fourth-order valence-corrected chi connectivity index (χ4v) is 2.93. The van der Waals surface area contributed by atoms with Crippen LogP contribution in [0.4, 0.5) is 0 Å². The summed E-state index contributed by atoms with van der Waals surface area (Å²) in [6, 6.07) is 7.80. The minimum atomic E-state index is -0.125. The summed E-state index contributed by atoms with van der Waals surface area (Å²) >= 11 is 0. The van der Waals surface area contributed by atoms with Crippen molar-refractivity contribution in [2.24, 2.45) is 0 Å². The first-order valence-corrected chi connectivity index (χ1v) is 8.47. The molecular formula is C18H29N3O2. The molecule has 0 unspecified atom stereocenters. The van der Waals surface area contributed by atoms with E-state index in [1.54, 1.807) is 0 Å². The van der Waals surface area contributed by atoms with Gasteiger partial charge in [-0.25, -0.2) is 0 Å². The third-order valence-corrected chi connectivity index (χ3v) is 4.18. The number of carbonyl (C=O) groups excluding carboxylic acids is 1. The maximum Gasteiger partial charge on any atom is 0.251 e. The lowest BCUT2D eigenvalue weighted by Gasteiger charge is -2.29. The highest BCUT2D eigenvalue weighted by Gasteiger charge is 2.16. The molecule has 0 saturated carbocycles. The molecule has 1 aliphatic rings. The van der Waals surface area contributed by atoms with Crippen molar-refractivity contribution in [3.8, 4) is 0 Å². The summed E-state index contributed by atoms with van der Waals surface area (Å²) in [4.78, 5) is 16.7. The van der Waals surface area contributed by atoms with Gasteiger partial charge in [-0.05, 0) is 57.6 Å². The van der Waals surface area contributed by atoms with Crippen molar-refractivity contribution in [3.63, 3.8) is 0 Å². The van der Waals surface area contributed by atoms with Gasteiger partial charge >= 0.3 is 0 Å². The molecule has 1 aliphatic heterocycles. The summed E-state index contributed by atoms with van der Waals surface area (Å²) < 4.78 is 0. The van der Waals surface area contributed by atoms with Crippen molar-refractivity contribution in [1.82, 2.24) is 15.1 Å². The summed E-state index contributed by atoms with van der Waals surface area (Å²) in [5, 5.41) is 12.5. The summed E-state index contributed by atoms with van der Waals surface area (Å²) in [5.74, 6) is -0.000303. The quantitative estimate of drug-likeness (QED) is 0.745. The van der Waals surface area contributed by atoms with Gasteiger partial charge in [0, 0.05) is 31.7 Å². The predicted octanol–water partition coefficient (Wildman–Crippen LogP) is 1.32. The van der Waals surface area contributed by atoms with Crippen LogP contribution in [0.2, 0.25) is 0 Å². The van der Waals surface area contributed by atoms with E-state index in [0.29, 0.717) is 6.54 Å². The van der Waals surface area contributed by atoms with Gasteiger partial charge in [0.15, 0.2) is 0 Å². The minimum Gasteiger partial charge on any atom is -0.393 e. The number of benzene rings is 1. The topological polar surface area (TPSA) is 55.8 Å². The standard InChI is InChI=1S/C18H29N3O2/c1-20(2)14-15-5-3-6-16(13-15)18(23)19-9-4-10-21-11-7-17(22)8-12-21/h3,5-6,13,17,22H,4,7-12,14H2,1-2H3,(H,19,23). The number of piperidine rings is 1. The fraction of sp³-hybridized carbons (Fsp3) is 0.611. The molecule has 1 aromatic carbocycles. The predicted molar refractivity (Wildman–Crippen MR) is 92.5 cm³/mol. The van der Waals surface area contributed by atoms with Crippen LogP contribution in [0.5, 0.6) is 0 Å². The van der Waals surface area contributed by atoms with Crippen LogP contribution in [0.15, 0.2) is 24.3 Å². The van der Waals surface area contributed by atoms with Gasteiger partial charge in [0.1, 0.15) is 0 Å². The Balaban J connectivity index is 1.70. The molecule has 2 N–H and O–H groups in total. The number of aliphatic hydroxyl groups is 1. The van der Waals surface area contributed by atoms with Crippen LogP contribution in [0.25, 0.3) is 0 Å². The smallest absolute Gasteiger partial charge is 0.251 e. The molecule has 1 amide bonds. The number of hydrogen-bond donors (Lipinski definition) is 2. The second-order valence-corrected chi connectivity index (χ2v) is 6.62. The Bertz CT molecular complexity index is 497. The number of aliphatic hydroxyl groups excluding tert-OH is 1. The molecule has 1 heterocycles. The first kappa shape index (κ1) is 17.9. The van der Waals surface area contributed by atoms with Crippen LogP contribution >= 0.6 is 0 Å². The fourth-order valence-electron chi connectivity index (χ4n) is 2.93. The molecule has 0 aromatic heterocycles. The van der Waals surface area contributed by atoms with Gasteiger partial charge in [-0.3, -0.25) is 4.79 Å². The highest BCUT2D eigenvalue weighted by molar-refractivity contribution is 5.94. The average molecular weight is 319 g/mol. The molecule has 23 heavy (non-hydrogen) atoms. The largest absolute Gasteiger partial charge is 0.393 e. The molecule has 128 valence electrons. The molecule has 0 bridgehead atoms. The number of carbonyl (C=O) groups is 1. The lowest BCUT2D eigenvalue weighted by atomic mass is 10.1. The van der Waals surface area contributed by atoms with Crippen molar-refractivity contribution in [2.75, 3.05) is 40.3 Å². The lowest BCUT2D eigenvalue weighted by molar-refractivity contribution is 0.0816. The summed E-state index contributed by atoms with van der Waals surface area (Å²) in [6.07, 6.45) is 2.55. The number of nitrogens with one attached hydrogen (secondary N) is 1. The summed E-state index contributed by atoms with van der Waals surface area (Å²) in [7, 11) is 4.04. The van der Waals surface area contributed by atoms with Crippen LogP contribution < -0.4 is 5.32 Å². The molecule has 1 fully saturated rings. The van der Waals surface area contributed by atoms with E-state index in [4.69, 9.17) is 0 Å². The number of nitrogens with zero attached hydrogens (tertiary/aromatic N) is 2. The minimum absolute atomic E-state index is 0.000303. The maximum absolute atomic E-state index is 12.2. The van der Waals surface area contributed by atoms with Gasteiger partial charge in [0.2, 0.25) is 0 Å². The Morgan fingerprint density at radius 1 is 1.35 bits per heavy atom. The molecule has 1 saturated heterocycles. The Labute approximate surface area is 139 Å². The third kappa shape index (κ3) is 6.29. The maximum atomic E-state index is 12.2. The number of rotatable bonds is 7. The van der Waals surface area contributed by atoms with Crippen molar-refractivity contribution in [3.05, 3.63) is 35.4 Å². The Morgan fingerprint density at radius 3 is 2.78 bits per heavy atom. The van der Waals surface area contributed by atoms with Gasteiger partial charge in [-0.1, -0.05) is 12.1 Å². The van der Waals surface area contributed by atoms with Crippen molar-refractivity contribution in [1.29, 1.82) is 0 Å². The van der Waals surface area contributed by atoms with Crippen LogP contribution in [0.1, 0.15) is 35.2 Å². The highest BCUT2D eigenvalue weighted by atomic mass is 16.3. The molecule has 5 nitrogen and oxygen atoms in total. The van der Waals surface area contributed by atoms with E-state index in [2.05, 4.69) is 15.1 Å². The molecule has 0 atom stereocenters. The zero-order chi connectivity index (χ0) is 16.7. The van der Waals surface area contributed by atoms with Crippen molar-refractivity contribution >= 4 is 5.91 Å². The molecule has 0 radical (unpaired) electrons. The van der Waals surface area contributed by atoms with Gasteiger partial charge in [-0.2, -0.15) is 0 Å². The van der Waals surface area contributed by atoms with Crippen LogP contribution in [-0.2, 0) is 6.54 Å². The second kappa shape index (κ2) is 9.01. The molecule has 0 aliphatic carbocycles. The lowest BCUT2D eigenvalue weighted by Crippen LogP contribution is -2.37. The number of amides is 1. The van der Waals surface area contributed by atoms with Gasteiger partial charge in [0.05, 0.1) is 6.10 Å². The van der Waals surface area contributed by atoms with Gasteiger partial charge in [0.25, 0.3) is 5.91 Å². The first-order valence-electron chi connectivity index (χ1n) is 8.47. The van der Waals surface area contributed by atoms with Crippen LogP contribution in [0, 0.1) is 0 Å². The Kier molecular flexibility index (Phi) is 7.02. The van der Waals surface area contributed by atoms with Crippen LogP contribution in [-0.4, -0.2) is 67.2 Å². The van der Waals surface area contributed by atoms with E-state index in [1.165, 1.54) is 0 Å². The molecule has 0 spiro atoms. The number of hydrogen-bond acceptors (Lipinski definition) is 4. The SMILES string of the molecule is CN(C)Cc1cccc(C(=O)NCCCN2CCC(O)CC2)c1. The monoisotopic (exact) mass is 319 g/mol. The first-order chi connectivity index (χ1) is 11.0. The third-order valence-electron chi connectivity index (χ3n) is 4.18. The molecule has 1 aromatic rings. The van der Waals surface area contributed by atoms with E-state index in [9.17, 15) is 9.90 Å². The van der Waals surface area contributed by atoms with Gasteiger partial charge < -0.3 is 20.2 Å². The summed E-state index contributed by atoms with van der Waals surface area (Å²) in [6.45, 7) is 4.43. The zero-order valence-corrected chi connectivity index (χ0v) is 14.3. The van der Waals surface area contributed by atoms with Crippen molar-refractivity contribution < 1.29 is 9.90 Å². The highest BCUT2D eigenvalue weighted by Crippen LogP contribution is 2.10. The summed E-state index contributed by atoms with van der Waals surface area (Å²) in [5.41, 5.74) is 1.87.